The molecule has 11 aliphatic heterocycles. The van der Waals surface area contributed by atoms with Gasteiger partial charge in [-0.3, -0.25) is 9.69 Å². The van der Waals surface area contributed by atoms with Crippen LogP contribution in [0.3, 0.4) is 0 Å². The number of aromatic nitrogens is 1. The van der Waals surface area contributed by atoms with Gasteiger partial charge in [0.15, 0.2) is 11.5 Å². The highest BCUT2D eigenvalue weighted by atomic mass is 16.6. The number of para-hydroxylation sites is 2. The molecule has 27 nitrogen and oxygen atoms in total. The fraction of sp³-hybridized carbons (Fsp3) is 0.621. The van der Waals surface area contributed by atoms with Crippen molar-refractivity contribution in [2.24, 2.45) is 11.8 Å². The van der Waals surface area contributed by atoms with Gasteiger partial charge in [-0.2, -0.15) is 0 Å². The lowest BCUT2D eigenvalue weighted by atomic mass is 9.90. The quantitative estimate of drug-likeness (QED) is 0.0833. The molecule has 2 N–H and O–H groups in total. The standard InChI is InChI=1S/C22H32N4O4.C22H34N4O.C18H27N3O.C17H26N4O.C16H26N4O/c27-21(20-17-29-18-7-2-3-8-19(18)30-20)25-13-15-26(16-14-25)22(28)23-9-6-12-24-10-4-1-5-11-24;27-22(23-12-8-16-24-13-5-2-6-14-24)26-19-17-25(18-20-26)15-7-11-21-9-3-1-4-10-21;1-19-11-13-21(14-12-19)18(22)20-9-7-17(8-10-20)15-16-5-3-2-4-6-16;1-15-3-5-16(6-4-15)19-11-13-21(14-12-19)17(22)20-9-7-18(2)8-10-20;1-17-9-11-19(12-10-17)16(21)20-8-4-5-15(14-20)13-18-6-2-3-7-18/h2-3,7-8,20H,1,4-6,9-17H2,(H,23,28);1,3-4,7,9-11H,2,5-6,8,12-20H2,(H,23,27);2-6,17H,7-15H2,1H3;3-6H,7-14H2,1-2H3;2-3,6-7,15H,4-5,8-14H2,1H3/b;11-7+;;;. The molecular formula is C95H145N19O8. The second kappa shape index (κ2) is 49.4. The number of aryl methyl sites for hydroxylation is 1. The Kier molecular flexibility index (Phi) is 37.3. The zero-order valence-corrected chi connectivity index (χ0v) is 74.2. The summed E-state index contributed by atoms with van der Waals surface area (Å²) >= 11 is 0. The average molecular weight is 1680 g/mol. The molecule has 10 fully saturated rings. The SMILES string of the molecule is CN1CCN(C(=O)N2CCC(Cc3ccccc3)CC2)CC1.CN1CCN(C(=O)N2CCCC(Cn3cccc3)C2)CC1.Cc1ccc(N2CCN(C(=O)N3CCN(C)CC3)CC2)cc1.O=C(NCCCN1CCCCC1)N1CCN(C(=O)C2COc3ccccc3O2)CC1.O=C(NCCCN1CCCCC1)N1CCN(C/C=C/c2ccccc2)CC1. The van der Waals surface area contributed by atoms with Crippen molar-refractivity contribution in [1.29, 1.82) is 0 Å². The maximum atomic E-state index is 12.8. The van der Waals surface area contributed by atoms with Crippen LogP contribution in [0.1, 0.15) is 93.7 Å². The van der Waals surface area contributed by atoms with Crippen LogP contribution in [0.4, 0.5) is 29.7 Å². The molecule has 16 rings (SSSR count). The Balaban J connectivity index is 0.000000140. The smallest absolute Gasteiger partial charge is 0.320 e. The largest absolute Gasteiger partial charge is 0.485 e. The predicted molar refractivity (Wildman–Crippen MR) is 486 cm³/mol. The van der Waals surface area contributed by atoms with Crippen molar-refractivity contribution in [3.05, 3.63) is 156 Å². The molecule has 0 saturated carbocycles. The van der Waals surface area contributed by atoms with E-state index in [1.807, 2.05) is 54.8 Å². The van der Waals surface area contributed by atoms with E-state index < -0.39 is 6.10 Å². The molecule has 11 aliphatic rings. The zero-order valence-electron chi connectivity index (χ0n) is 74.2. The molecule has 10 saturated heterocycles. The Morgan fingerprint density at radius 3 is 1.38 bits per heavy atom. The van der Waals surface area contributed by atoms with Crippen molar-refractivity contribution in [3.8, 4) is 11.5 Å². The van der Waals surface area contributed by atoms with Gasteiger partial charge in [0.2, 0.25) is 6.10 Å². The van der Waals surface area contributed by atoms with E-state index in [9.17, 15) is 28.8 Å². The molecule has 4 aromatic carbocycles. The molecule has 0 radical (unpaired) electrons. The summed E-state index contributed by atoms with van der Waals surface area (Å²) in [4.78, 5) is 110. The zero-order chi connectivity index (χ0) is 85.0. The third-order valence-corrected chi connectivity index (χ3v) is 26.0. The van der Waals surface area contributed by atoms with Gasteiger partial charge in [-0.05, 0) is 197 Å². The third kappa shape index (κ3) is 29.8. The number of likely N-dealkylation sites (tertiary alicyclic amines) is 4. The number of nitrogens with one attached hydrogen (secondary N) is 2. The van der Waals surface area contributed by atoms with Gasteiger partial charge in [-0.15, -0.1) is 0 Å². The van der Waals surface area contributed by atoms with E-state index in [2.05, 4.69) is 203 Å². The first-order valence-electron chi connectivity index (χ1n) is 46.3. The maximum Gasteiger partial charge on any atom is 0.320 e. The highest BCUT2D eigenvalue weighted by molar-refractivity contribution is 5.83. The summed E-state index contributed by atoms with van der Waals surface area (Å²) in [5.41, 5.74) is 5.20. The Bertz CT molecular complexity index is 3890. The van der Waals surface area contributed by atoms with Crippen LogP contribution < -0.4 is 25.0 Å². The van der Waals surface area contributed by atoms with Gasteiger partial charge in [-0.1, -0.05) is 115 Å². The number of rotatable bonds is 17. The fourth-order valence-corrected chi connectivity index (χ4v) is 18.1. The van der Waals surface area contributed by atoms with Gasteiger partial charge < -0.3 is 98.2 Å². The first-order chi connectivity index (χ1) is 59.6. The highest BCUT2D eigenvalue weighted by Gasteiger charge is 2.36. The molecule has 27 heteroatoms. The van der Waals surface area contributed by atoms with Crippen LogP contribution in [-0.4, -0.2) is 390 Å². The molecule has 0 aliphatic carbocycles. The van der Waals surface area contributed by atoms with Gasteiger partial charge in [0.1, 0.15) is 6.61 Å². The summed E-state index contributed by atoms with van der Waals surface area (Å²) in [5.74, 6) is 2.50. The fourth-order valence-electron chi connectivity index (χ4n) is 18.1. The van der Waals surface area contributed by atoms with E-state index in [-0.39, 0.29) is 42.7 Å². The van der Waals surface area contributed by atoms with Gasteiger partial charge in [0.05, 0.1) is 0 Å². The average Bonchev–Trinajstić information content (AvgIpc) is 0.854. The topological polar surface area (TPSA) is 202 Å². The number of benzene rings is 4. The highest BCUT2D eigenvalue weighted by Crippen LogP contribution is 2.32. The molecule has 0 spiro atoms. The van der Waals surface area contributed by atoms with Crippen molar-refractivity contribution in [2.45, 2.75) is 103 Å². The molecule has 2 unspecified atom stereocenters. The second-order valence-corrected chi connectivity index (χ2v) is 35.2. The number of piperidine rings is 4. The molecular weight excluding hydrogens is 1540 g/mol. The number of likely N-dealkylation sites (N-methyl/N-ethyl adjacent to an activating group) is 3. The van der Waals surface area contributed by atoms with Crippen LogP contribution in [0, 0.1) is 18.8 Å². The summed E-state index contributed by atoms with van der Waals surface area (Å²) in [6, 6.07) is 42.1. The van der Waals surface area contributed by atoms with E-state index in [1.165, 1.54) is 93.5 Å². The number of ether oxygens (including phenoxy) is 2. The second-order valence-electron chi connectivity index (χ2n) is 35.2. The molecule has 1 aromatic heterocycles. The number of amides is 11. The van der Waals surface area contributed by atoms with Crippen molar-refractivity contribution in [2.75, 3.05) is 275 Å². The summed E-state index contributed by atoms with van der Waals surface area (Å²) in [7, 11) is 6.36. The third-order valence-electron chi connectivity index (χ3n) is 26.0. The van der Waals surface area contributed by atoms with E-state index in [0.717, 1.165) is 234 Å². The van der Waals surface area contributed by atoms with E-state index in [1.54, 1.807) is 9.80 Å². The number of hydrogen-bond donors (Lipinski definition) is 2. The maximum absolute atomic E-state index is 12.8. The number of carbonyl (C=O) groups excluding carboxylic acids is 6. The van der Waals surface area contributed by atoms with Gasteiger partial charge in [-0.25, -0.2) is 24.0 Å². The monoisotopic (exact) mass is 1680 g/mol. The van der Waals surface area contributed by atoms with E-state index in [0.29, 0.717) is 50.1 Å². The van der Waals surface area contributed by atoms with Gasteiger partial charge in [0, 0.05) is 228 Å². The Hall–Kier alpha value is -9.12. The van der Waals surface area contributed by atoms with E-state index in [4.69, 9.17) is 9.47 Å². The van der Waals surface area contributed by atoms with Crippen LogP contribution in [-0.2, 0) is 17.8 Å². The van der Waals surface area contributed by atoms with E-state index >= 15 is 0 Å². The lowest BCUT2D eigenvalue weighted by molar-refractivity contribution is -0.142. The summed E-state index contributed by atoms with van der Waals surface area (Å²) in [6.07, 6.45) is 23.7. The van der Waals surface area contributed by atoms with Crippen LogP contribution in [0.25, 0.3) is 6.08 Å². The first-order valence-corrected chi connectivity index (χ1v) is 46.3. The van der Waals surface area contributed by atoms with Crippen LogP contribution in [0.5, 0.6) is 11.5 Å². The lowest BCUT2D eigenvalue weighted by Crippen LogP contribution is -2.56. The Morgan fingerprint density at radius 1 is 0.402 bits per heavy atom. The van der Waals surface area contributed by atoms with Crippen molar-refractivity contribution < 1.29 is 38.2 Å². The number of nitrogens with zero attached hydrogens (tertiary/aromatic N) is 17. The first kappa shape index (κ1) is 92.1. The summed E-state index contributed by atoms with van der Waals surface area (Å²) < 4.78 is 13.7. The predicted octanol–water partition coefficient (Wildman–Crippen LogP) is 9.82. The number of anilines is 1. The molecule has 2 atom stereocenters. The van der Waals surface area contributed by atoms with Crippen LogP contribution in [0.15, 0.2) is 140 Å². The normalized spacial score (nSPS) is 21.4. The molecule has 11 amide bonds. The molecule has 0 bridgehead atoms. The molecule has 12 heterocycles. The number of hydrogen-bond acceptors (Lipinski definition) is 15. The number of urea groups is 5. The van der Waals surface area contributed by atoms with Crippen molar-refractivity contribution in [1.82, 2.24) is 88.7 Å². The van der Waals surface area contributed by atoms with Crippen molar-refractivity contribution in [3.63, 3.8) is 0 Å². The Morgan fingerprint density at radius 2 is 0.852 bits per heavy atom. The minimum atomic E-state index is -0.630. The Labute approximate surface area is 728 Å². The molecule has 122 heavy (non-hydrogen) atoms. The van der Waals surface area contributed by atoms with Crippen LogP contribution >= 0.6 is 0 Å². The summed E-state index contributed by atoms with van der Waals surface area (Å²) in [5, 5.41) is 6.12. The number of fused-ring (bicyclic) bond motifs is 1. The summed E-state index contributed by atoms with van der Waals surface area (Å²) in [6.45, 7) is 36.7. The van der Waals surface area contributed by atoms with Crippen molar-refractivity contribution >= 4 is 47.8 Å². The van der Waals surface area contributed by atoms with Crippen LogP contribution in [0.2, 0.25) is 0 Å². The molecule has 5 aromatic rings. The minimum absolute atomic E-state index is 0.0353. The molecule has 668 valence electrons. The number of piperazine rings is 6. The van der Waals surface area contributed by atoms with Gasteiger partial charge in [0.25, 0.3) is 5.91 Å². The minimum Gasteiger partial charge on any atom is -0.485 e. The van der Waals surface area contributed by atoms with Gasteiger partial charge >= 0.3 is 30.2 Å². The number of carbonyl (C=O) groups is 6. The lowest BCUT2D eigenvalue weighted by Gasteiger charge is -2.40.